The van der Waals surface area contributed by atoms with Gasteiger partial charge in [-0.15, -0.1) is 0 Å². The molecule has 8 heteroatoms. The third-order valence-corrected chi connectivity index (χ3v) is 5.45. The van der Waals surface area contributed by atoms with Crippen LogP contribution in [0.5, 0.6) is 0 Å². The fraction of sp³-hybridized carbons (Fsp3) is 0.696. The molecule has 1 aromatic rings. The number of guanidine groups is 1. The summed E-state index contributed by atoms with van der Waals surface area (Å²) in [5.41, 5.74) is 0.564. The van der Waals surface area contributed by atoms with Crippen molar-refractivity contribution in [3.05, 3.63) is 23.9 Å². The number of carbonyl (C=O) groups excluding carboxylic acids is 1. The first-order valence-corrected chi connectivity index (χ1v) is 11.2. The van der Waals surface area contributed by atoms with Crippen molar-refractivity contribution < 1.29 is 9.53 Å². The quantitative estimate of drug-likeness (QED) is 0.531. The zero-order valence-corrected chi connectivity index (χ0v) is 20.2. The van der Waals surface area contributed by atoms with Crippen molar-refractivity contribution in [2.24, 2.45) is 4.99 Å². The van der Waals surface area contributed by atoms with Crippen LogP contribution in [0.1, 0.15) is 52.7 Å². The SMILES string of the molecule is CN=C(NCCC(C)N(C)C(=O)OC(C)(C)C)NC1CCN(c2cccc(C)n2)CC1. The summed E-state index contributed by atoms with van der Waals surface area (Å²) < 4.78 is 5.44. The van der Waals surface area contributed by atoms with Crippen LogP contribution in [0.2, 0.25) is 0 Å². The first kappa shape index (κ1) is 24.8. The highest BCUT2D eigenvalue weighted by Gasteiger charge is 2.23. The van der Waals surface area contributed by atoms with Gasteiger partial charge in [-0.2, -0.15) is 0 Å². The summed E-state index contributed by atoms with van der Waals surface area (Å²) in [5.74, 6) is 1.86. The van der Waals surface area contributed by atoms with Gasteiger partial charge in [-0.3, -0.25) is 4.99 Å². The Morgan fingerprint density at radius 1 is 1.35 bits per heavy atom. The normalized spacial score (nSPS) is 16.6. The van der Waals surface area contributed by atoms with Gasteiger partial charge in [0.1, 0.15) is 11.4 Å². The predicted octanol–water partition coefficient (Wildman–Crippen LogP) is 3.17. The topological polar surface area (TPSA) is 82.1 Å². The lowest BCUT2D eigenvalue weighted by Gasteiger charge is -2.34. The molecule has 2 rings (SSSR count). The van der Waals surface area contributed by atoms with Crippen LogP contribution in [-0.4, -0.2) is 73.4 Å². The van der Waals surface area contributed by atoms with E-state index in [0.717, 1.165) is 56.4 Å². The van der Waals surface area contributed by atoms with E-state index in [4.69, 9.17) is 4.74 Å². The highest BCUT2D eigenvalue weighted by molar-refractivity contribution is 5.80. The molecule has 0 aliphatic carbocycles. The number of rotatable bonds is 6. The van der Waals surface area contributed by atoms with Gasteiger partial charge in [-0.05, 0) is 66.0 Å². The molecule has 1 unspecified atom stereocenters. The van der Waals surface area contributed by atoms with Crippen LogP contribution in [0, 0.1) is 6.92 Å². The zero-order chi connectivity index (χ0) is 23.0. The molecule has 0 radical (unpaired) electrons. The van der Waals surface area contributed by atoms with E-state index in [2.05, 4.69) is 37.6 Å². The molecule has 1 aliphatic rings. The van der Waals surface area contributed by atoms with E-state index in [9.17, 15) is 4.79 Å². The van der Waals surface area contributed by atoms with Crippen LogP contribution in [0.4, 0.5) is 10.6 Å². The molecule has 0 saturated carbocycles. The number of ether oxygens (including phenoxy) is 1. The standard InChI is InChI=1S/C23H40N6O2/c1-17-9-8-10-20(26-17)29-15-12-19(13-16-29)27-21(24-6)25-14-11-18(2)28(7)22(30)31-23(3,4)5/h8-10,18-19H,11-16H2,1-7H3,(H2,24,25,27). The second kappa shape index (κ2) is 11.2. The van der Waals surface area contributed by atoms with Gasteiger partial charge in [0, 0.05) is 51.5 Å². The Morgan fingerprint density at radius 3 is 2.61 bits per heavy atom. The lowest BCUT2D eigenvalue weighted by Crippen LogP contribution is -2.49. The van der Waals surface area contributed by atoms with E-state index in [-0.39, 0.29) is 12.1 Å². The molecule has 1 fully saturated rings. The van der Waals surface area contributed by atoms with Gasteiger partial charge >= 0.3 is 6.09 Å². The number of nitrogens with zero attached hydrogens (tertiary/aromatic N) is 4. The molecule has 2 N–H and O–H groups in total. The Balaban J connectivity index is 1.72. The van der Waals surface area contributed by atoms with Crippen LogP contribution >= 0.6 is 0 Å². The molecule has 1 amide bonds. The van der Waals surface area contributed by atoms with E-state index in [1.54, 1.807) is 19.0 Å². The molecule has 0 spiro atoms. The average Bonchev–Trinajstić information content (AvgIpc) is 2.71. The summed E-state index contributed by atoms with van der Waals surface area (Å²) in [6.07, 6.45) is 2.58. The van der Waals surface area contributed by atoms with Gasteiger partial charge in [0.2, 0.25) is 0 Å². The molecule has 1 aliphatic heterocycles. The Kier molecular flexibility index (Phi) is 8.95. The maximum Gasteiger partial charge on any atom is 0.410 e. The predicted molar refractivity (Wildman–Crippen MR) is 127 cm³/mol. The molecule has 1 aromatic heterocycles. The average molecular weight is 433 g/mol. The smallest absolute Gasteiger partial charge is 0.410 e. The third-order valence-electron chi connectivity index (χ3n) is 5.45. The Bertz CT molecular complexity index is 738. The summed E-state index contributed by atoms with van der Waals surface area (Å²) in [6, 6.07) is 6.62. The van der Waals surface area contributed by atoms with Crippen LogP contribution < -0.4 is 15.5 Å². The molecule has 0 aromatic carbocycles. The van der Waals surface area contributed by atoms with E-state index >= 15 is 0 Å². The fourth-order valence-electron chi connectivity index (χ4n) is 3.45. The second-order valence-electron chi connectivity index (χ2n) is 9.27. The second-order valence-corrected chi connectivity index (χ2v) is 9.27. The largest absolute Gasteiger partial charge is 0.444 e. The number of aryl methyl sites for hydroxylation is 1. The molecule has 1 atom stereocenters. The van der Waals surface area contributed by atoms with Gasteiger partial charge in [0.25, 0.3) is 0 Å². The number of carbonyl (C=O) groups is 1. The number of hydrogen-bond donors (Lipinski definition) is 2. The van der Waals surface area contributed by atoms with Crippen molar-refractivity contribution >= 4 is 17.9 Å². The maximum atomic E-state index is 12.2. The Morgan fingerprint density at radius 2 is 2.03 bits per heavy atom. The Labute approximate surface area is 187 Å². The van der Waals surface area contributed by atoms with Crippen molar-refractivity contribution in [2.45, 2.75) is 71.6 Å². The monoisotopic (exact) mass is 432 g/mol. The maximum absolute atomic E-state index is 12.2. The van der Waals surface area contributed by atoms with E-state index in [1.165, 1.54) is 0 Å². The summed E-state index contributed by atoms with van der Waals surface area (Å²) in [5, 5.41) is 6.91. The molecule has 0 bridgehead atoms. The summed E-state index contributed by atoms with van der Waals surface area (Å²) in [7, 11) is 3.57. The summed E-state index contributed by atoms with van der Waals surface area (Å²) in [4.78, 5) is 25.2. The van der Waals surface area contributed by atoms with Crippen LogP contribution in [0.15, 0.2) is 23.2 Å². The minimum atomic E-state index is -0.486. The van der Waals surface area contributed by atoms with Gasteiger partial charge in [-0.25, -0.2) is 9.78 Å². The van der Waals surface area contributed by atoms with Crippen LogP contribution in [-0.2, 0) is 4.74 Å². The number of piperidine rings is 1. The van der Waals surface area contributed by atoms with E-state index in [1.807, 2.05) is 40.7 Å². The lowest BCUT2D eigenvalue weighted by molar-refractivity contribution is 0.0230. The fourth-order valence-corrected chi connectivity index (χ4v) is 3.45. The minimum absolute atomic E-state index is 0.0607. The first-order valence-electron chi connectivity index (χ1n) is 11.2. The van der Waals surface area contributed by atoms with Gasteiger partial charge in [-0.1, -0.05) is 6.07 Å². The van der Waals surface area contributed by atoms with E-state index in [0.29, 0.717) is 6.04 Å². The molecule has 31 heavy (non-hydrogen) atoms. The molecular weight excluding hydrogens is 392 g/mol. The number of hydrogen-bond acceptors (Lipinski definition) is 5. The van der Waals surface area contributed by atoms with Gasteiger partial charge in [0.15, 0.2) is 5.96 Å². The van der Waals surface area contributed by atoms with Crippen molar-refractivity contribution in [2.75, 3.05) is 38.6 Å². The molecular formula is C23H40N6O2. The first-order chi connectivity index (χ1) is 14.6. The molecule has 8 nitrogen and oxygen atoms in total. The lowest BCUT2D eigenvalue weighted by atomic mass is 10.1. The molecule has 2 heterocycles. The summed E-state index contributed by atoms with van der Waals surface area (Å²) >= 11 is 0. The molecule has 174 valence electrons. The number of pyridine rings is 1. The van der Waals surface area contributed by atoms with Crippen molar-refractivity contribution in [1.29, 1.82) is 0 Å². The highest BCUT2D eigenvalue weighted by atomic mass is 16.6. The van der Waals surface area contributed by atoms with Crippen molar-refractivity contribution in [1.82, 2.24) is 20.5 Å². The number of amides is 1. The van der Waals surface area contributed by atoms with Crippen LogP contribution in [0.25, 0.3) is 0 Å². The number of aliphatic imine (C=N–C) groups is 1. The highest BCUT2D eigenvalue weighted by Crippen LogP contribution is 2.18. The van der Waals surface area contributed by atoms with Crippen LogP contribution in [0.3, 0.4) is 0 Å². The Hall–Kier alpha value is -2.51. The minimum Gasteiger partial charge on any atom is -0.444 e. The van der Waals surface area contributed by atoms with Gasteiger partial charge in [0.05, 0.1) is 0 Å². The van der Waals surface area contributed by atoms with Crippen molar-refractivity contribution in [3.63, 3.8) is 0 Å². The van der Waals surface area contributed by atoms with Gasteiger partial charge < -0.3 is 25.2 Å². The molecule has 1 saturated heterocycles. The third kappa shape index (κ3) is 8.26. The van der Waals surface area contributed by atoms with E-state index < -0.39 is 5.60 Å². The van der Waals surface area contributed by atoms with Crippen molar-refractivity contribution in [3.8, 4) is 0 Å². The number of aromatic nitrogens is 1. The number of nitrogens with one attached hydrogen (secondary N) is 2. The summed E-state index contributed by atoms with van der Waals surface area (Å²) in [6.45, 7) is 12.4. The number of anilines is 1. The zero-order valence-electron chi connectivity index (χ0n) is 20.2.